The summed E-state index contributed by atoms with van der Waals surface area (Å²) in [6.07, 6.45) is -0.846. The third-order valence-electron chi connectivity index (χ3n) is 2.64. The number of hydrogen-bond donors (Lipinski definition) is 2. The Morgan fingerprint density at radius 2 is 2.00 bits per heavy atom. The molecular weight excluding hydrogens is 188 g/mol. The third kappa shape index (κ3) is 1.19. The minimum absolute atomic E-state index is 0.206. The Bertz CT molecular complexity index is 307. The number of nitrogens with zero attached hydrogens (tertiary/aromatic N) is 1. The van der Waals surface area contributed by atoms with Crippen LogP contribution in [0, 0.1) is 11.8 Å². The molecular formula is C8H10N2O4. The molecule has 6 heteroatoms. The van der Waals surface area contributed by atoms with Crippen LogP contribution in [0.4, 0.5) is 0 Å². The molecule has 0 aromatic rings. The number of likely N-dealkylation sites (tertiary alicyclic amines) is 1. The Morgan fingerprint density at radius 3 is 2.43 bits per heavy atom. The molecule has 2 fully saturated rings. The van der Waals surface area contributed by atoms with Gasteiger partial charge in [0.1, 0.15) is 0 Å². The summed E-state index contributed by atoms with van der Waals surface area (Å²) in [5.41, 5.74) is 4.81. The number of fused-ring (bicyclic) bond motifs is 1. The zero-order valence-corrected chi connectivity index (χ0v) is 7.34. The number of aliphatic hydroxyl groups is 1. The van der Waals surface area contributed by atoms with E-state index in [1.807, 2.05) is 0 Å². The highest BCUT2D eigenvalue weighted by molar-refractivity contribution is 6.09. The maximum atomic E-state index is 11.4. The number of carbonyl (C=O) groups is 3. The van der Waals surface area contributed by atoms with E-state index in [4.69, 9.17) is 10.8 Å². The lowest BCUT2D eigenvalue weighted by molar-refractivity contribution is -0.144. The number of imide groups is 1. The Labute approximate surface area is 79.7 Å². The molecule has 1 aliphatic carbocycles. The van der Waals surface area contributed by atoms with E-state index in [9.17, 15) is 14.4 Å². The summed E-state index contributed by atoms with van der Waals surface area (Å²) in [4.78, 5) is 34.2. The van der Waals surface area contributed by atoms with Crippen LogP contribution in [-0.4, -0.2) is 40.4 Å². The van der Waals surface area contributed by atoms with Gasteiger partial charge in [-0.15, -0.1) is 0 Å². The summed E-state index contributed by atoms with van der Waals surface area (Å²) in [5.74, 6) is -1.92. The number of hydrogen-bond acceptors (Lipinski definition) is 4. The van der Waals surface area contributed by atoms with E-state index in [1.165, 1.54) is 0 Å². The van der Waals surface area contributed by atoms with Crippen molar-refractivity contribution in [2.45, 2.75) is 12.5 Å². The van der Waals surface area contributed by atoms with Crippen molar-refractivity contribution in [1.82, 2.24) is 4.90 Å². The predicted octanol–water partition coefficient (Wildman–Crippen LogP) is -2.16. The van der Waals surface area contributed by atoms with Crippen LogP contribution >= 0.6 is 0 Å². The summed E-state index contributed by atoms with van der Waals surface area (Å²) in [6, 6.07) is 0. The van der Waals surface area contributed by atoms with Gasteiger partial charge in [0.05, 0.1) is 18.4 Å². The number of rotatable bonds is 3. The first kappa shape index (κ1) is 9.14. The summed E-state index contributed by atoms with van der Waals surface area (Å²) < 4.78 is 0. The molecule has 0 bridgehead atoms. The molecule has 3 N–H and O–H groups in total. The molecule has 1 aliphatic heterocycles. The second kappa shape index (κ2) is 2.78. The van der Waals surface area contributed by atoms with Crippen molar-refractivity contribution in [2.24, 2.45) is 17.6 Å². The van der Waals surface area contributed by atoms with Crippen LogP contribution in [0.25, 0.3) is 0 Å². The fourth-order valence-electron chi connectivity index (χ4n) is 1.69. The van der Waals surface area contributed by atoms with Crippen LogP contribution in [0.3, 0.4) is 0 Å². The molecule has 3 amide bonds. The lowest BCUT2D eigenvalue weighted by Gasteiger charge is -2.18. The predicted molar refractivity (Wildman–Crippen MR) is 43.5 cm³/mol. The van der Waals surface area contributed by atoms with Crippen molar-refractivity contribution in [1.29, 1.82) is 0 Å². The van der Waals surface area contributed by atoms with Gasteiger partial charge in [-0.2, -0.15) is 0 Å². The van der Waals surface area contributed by atoms with Gasteiger partial charge in [0.25, 0.3) is 0 Å². The third-order valence-corrected chi connectivity index (χ3v) is 2.64. The number of nitrogens with two attached hydrogens (primary N) is 1. The highest BCUT2D eigenvalue weighted by atomic mass is 16.3. The second-order valence-corrected chi connectivity index (χ2v) is 3.65. The number of primary amides is 1. The summed E-state index contributed by atoms with van der Waals surface area (Å²) >= 11 is 0. The smallest absolute Gasteiger partial charge is 0.248 e. The fraction of sp³-hybridized carbons (Fsp3) is 0.625. The first-order valence-corrected chi connectivity index (χ1v) is 4.35. The van der Waals surface area contributed by atoms with E-state index in [0.29, 0.717) is 6.42 Å². The Morgan fingerprint density at radius 1 is 1.50 bits per heavy atom. The van der Waals surface area contributed by atoms with E-state index < -0.39 is 12.0 Å². The minimum Gasteiger partial charge on any atom is -0.381 e. The van der Waals surface area contributed by atoms with Gasteiger partial charge in [0, 0.05) is 0 Å². The van der Waals surface area contributed by atoms with Gasteiger partial charge in [0.15, 0.2) is 6.10 Å². The average molecular weight is 198 g/mol. The topological polar surface area (TPSA) is 101 Å². The van der Waals surface area contributed by atoms with Gasteiger partial charge in [0.2, 0.25) is 17.7 Å². The largest absolute Gasteiger partial charge is 0.381 e. The minimum atomic E-state index is -1.46. The molecule has 0 spiro atoms. The molecule has 0 radical (unpaired) electrons. The molecule has 14 heavy (non-hydrogen) atoms. The second-order valence-electron chi connectivity index (χ2n) is 3.65. The number of piperidine rings is 1. The van der Waals surface area contributed by atoms with Crippen LogP contribution in [0.1, 0.15) is 6.42 Å². The zero-order chi connectivity index (χ0) is 10.5. The van der Waals surface area contributed by atoms with E-state index >= 15 is 0 Å². The summed E-state index contributed by atoms with van der Waals surface area (Å²) in [7, 11) is 0. The van der Waals surface area contributed by atoms with E-state index in [2.05, 4.69) is 0 Å². The van der Waals surface area contributed by atoms with Crippen LogP contribution in [0.2, 0.25) is 0 Å². The van der Waals surface area contributed by atoms with Gasteiger partial charge in [-0.3, -0.25) is 19.3 Å². The maximum Gasteiger partial charge on any atom is 0.248 e. The van der Waals surface area contributed by atoms with Crippen molar-refractivity contribution in [3.05, 3.63) is 0 Å². The molecule has 1 heterocycles. The summed E-state index contributed by atoms with van der Waals surface area (Å²) in [5, 5.41) is 9.10. The first-order chi connectivity index (χ1) is 6.52. The van der Waals surface area contributed by atoms with Gasteiger partial charge < -0.3 is 10.8 Å². The number of amides is 3. The molecule has 3 atom stereocenters. The summed E-state index contributed by atoms with van der Waals surface area (Å²) in [6.45, 7) is -0.306. The molecule has 2 rings (SSSR count). The average Bonchev–Trinajstić information content (AvgIpc) is 2.86. The zero-order valence-electron chi connectivity index (χ0n) is 7.34. The lowest BCUT2D eigenvalue weighted by atomic mass is 10.3. The van der Waals surface area contributed by atoms with E-state index in [-0.39, 0.29) is 30.2 Å². The molecule has 0 aromatic carbocycles. The molecule has 6 nitrogen and oxygen atoms in total. The van der Waals surface area contributed by atoms with Gasteiger partial charge in [-0.05, 0) is 6.42 Å². The monoisotopic (exact) mass is 198 g/mol. The fourth-order valence-corrected chi connectivity index (χ4v) is 1.69. The van der Waals surface area contributed by atoms with Crippen LogP contribution < -0.4 is 5.73 Å². The van der Waals surface area contributed by atoms with Gasteiger partial charge >= 0.3 is 0 Å². The molecule has 76 valence electrons. The van der Waals surface area contributed by atoms with Gasteiger partial charge in [-0.25, -0.2) is 0 Å². The van der Waals surface area contributed by atoms with Crippen molar-refractivity contribution in [3.8, 4) is 0 Å². The standard InChI is InChI=1S/C8H10N2O4/c9-6(12)5(11)2-10-7(13)3-1-4(3)8(10)14/h3-5,11H,1-2H2,(H2,9,12). The number of β-amino-alcohol motifs (C(OH)–C–C–N with tert-alkyl or cyclic N) is 1. The van der Waals surface area contributed by atoms with Crippen LogP contribution in [0.5, 0.6) is 0 Å². The van der Waals surface area contributed by atoms with Crippen molar-refractivity contribution >= 4 is 17.7 Å². The van der Waals surface area contributed by atoms with E-state index in [0.717, 1.165) is 4.90 Å². The van der Waals surface area contributed by atoms with Crippen LogP contribution in [0.15, 0.2) is 0 Å². The molecule has 1 saturated carbocycles. The van der Waals surface area contributed by atoms with Crippen LogP contribution in [-0.2, 0) is 14.4 Å². The van der Waals surface area contributed by atoms with Crippen molar-refractivity contribution in [3.63, 3.8) is 0 Å². The van der Waals surface area contributed by atoms with Crippen molar-refractivity contribution in [2.75, 3.05) is 6.54 Å². The lowest BCUT2D eigenvalue weighted by Crippen LogP contribution is -2.44. The number of carbonyl (C=O) groups excluding carboxylic acids is 3. The van der Waals surface area contributed by atoms with Gasteiger partial charge in [-0.1, -0.05) is 0 Å². The van der Waals surface area contributed by atoms with E-state index in [1.54, 1.807) is 0 Å². The Balaban J connectivity index is 2.02. The molecule has 2 aliphatic rings. The molecule has 0 aromatic heterocycles. The Hall–Kier alpha value is -1.43. The normalized spacial score (nSPS) is 31.6. The first-order valence-electron chi connectivity index (χ1n) is 4.35. The molecule has 3 unspecified atom stereocenters. The highest BCUT2D eigenvalue weighted by Gasteiger charge is 2.59. The quantitative estimate of drug-likeness (QED) is 0.504. The Kier molecular flexibility index (Phi) is 1.81. The molecule has 1 saturated heterocycles. The maximum absolute atomic E-state index is 11.4. The van der Waals surface area contributed by atoms with Crippen molar-refractivity contribution < 1.29 is 19.5 Å². The highest BCUT2D eigenvalue weighted by Crippen LogP contribution is 2.46. The SMILES string of the molecule is NC(=O)C(O)CN1C(=O)C2CC2C1=O. The number of aliphatic hydroxyl groups excluding tert-OH is 1.